The molecule has 0 saturated heterocycles. The number of carbonyl (C=O) groups is 1. The van der Waals surface area contributed by atoms with E-state index in [9.17, 15) is 4.79 Å². The van der Waals surface area contributed by atoms with Crippen molar-refractivity contribution in [3.05, 3.63) is 95.1 Å². The highest BCUT2D eigenvalue weighted by Crippen LogP contribution is 2.28. The molecule has 6 nitrogen and oxygen atoms in total. The Labute approximate surface area is 208 Å². The fourth-order valence-electron chi connectivity index (χ4n) is 4.60. The van der Waals surface area contributed by atoms with Crippen molar-refractivity contribution in [2.24, 2.45) is 0 Å². The van der Waals surface area contributed by atoms with Gasteiger partial charge < -0.3 is 20.3 Å². The Morgan fingerprint density at radius 1 is 0.971 bits per heavy atom. The summed E-state index contributed by atoms with van der Waals surface area (Å²) in [5, 5.41) is 6.12. The molecule has 1 aliphatic heterocycles. The van der Waals surface area contributed by atoms with Gasteiger partial charge >= 0.3 is 6.03 Å². The Kier molecular flexibility index (Phi) is 8.27. The molecule has 0 saturated carbocycles. The van der Waals surface area contributed by atoms with E-state index in [1.165, 1.54) is 22.4 Å². The standard InChI is InChI=1S/C29H36N4O2/c1-32(2)26-12-10-24(11-13-26)28(33-19-17-23-6-4-5-7-25(23)21-33)20-31-29(34)30-18-16-22-8-14-27(35-3)15-9-22/h4-15,28H,16-21H2,1-3H3,(H2,30,31,34). The summed E-state index contributed by atoms with van der Waals surface area (Å²) in [6.07, 6.45) is 1.80. The third-order valence-corrected chi connectivity index (χ3v) is 6.71. The van der Waals surface area contributed by atoms with E-state index >= 15 is 0 Å². The largest absolute Gasteiger partial charge is 0.497 e. The number of rotatable bonds is 9. The summed E-state index contributed by atoms with van der Waals surface area (Å²) in [5.41, 5.74) is 6.35. The van der Waals surface area contributed by atoms with Gasteiger partial charge in [-0.3, -0.25) is 4.90 Å². The summed E-state index contributed by atoms with van der Waals surface area (Å²) >= 11 is 0. The van der Waals surface area contributed by atoms with Crippen LogP contribution in [0.15, 0.2) is 72.8 Å². The molecule has 1 unspecified atom stereocenters. The summed E-state index contributed by atoms with van der Waals surface area (Å²) in [5.74, 6) is 0.837. The number of nitrogens with one attached hydrogen (secondary N) is 2. The third kappa shape index (κ3) is 6.55. The van der Waals surface area contributed by atoms with Crippen LogP contribution in [0.5, 0.6) is 5.75 Å². The van der Waals surface area contributed by atoms with E-state index in [-0.39, 0.29) is 12.1 Å². The molecule has 1 heterocycles. The monoisotopic (exact) mass is 472 g/mol. The van der Waals surface area contributed by atoms with Crippen molar-refractivity contribution in [1.82, 2.24) is 15.5 Å². The molecule has 0 bridgehead atoms. The van der Waals surface area contributed by atoms with Crippen LogP contribution in [0, 0.1) is 0 Å². The van der Waals surface area contributed by atoms with Gasteiger partial charge in [0.25, 0.3) is 0 Å². The zero-order chi connectivity index (χ0) is 24.6. The van der Waals surface area contributed by atoms with Gasteiger partial charge in [-0.05, 0) is 59.4 Å². The maximum Gasteiger partial charge on any atom is 0.314 e. The molecular formula is C29H36N4O2. The first-order valence-electron chi connectivity index (χ1n) is 12.3. The number of fused-ring (bicyclic) bond motifs is 1. The molecule has 0 spiro atoms. The van der Waals surface area contributed by atoms with Crippen LogP contribution in [0.1, 0.15) is 28.3 Å². The number of nitrogens with zero attached hydrogens (tertiary/aromatic N) is 2. The lowest BCUT2D eigenvalue weighted by Gasteiger charge is -2.36. The summed E-state index contributed by atoms with van der Waals surface area (Å²) in [6.45, 7) is 2.99. The van der Waals surface area contributed by atoms with Crippen LogP contribution in [0.25, 0.3) is 0 Å². The van der Waals surface area contributed by atoms with Gasteiger partial charge in [-0.1, -0.05) is 48.5 Å². The van der Waals surface area contributed by atoms with Gasteiger partial charge in [-0.2, -0.15) is 0 Å². The number of anilines is 1. The Morgan fingerprint density at radius 2 is 1.69 bits per heavy atom. The van der Waals surface area contributed by atoms with Crippen LogP contribution < -0.4 is 20.3 Å². The second-order valence-corrected chi connectivity index (χ2v) is 9.23. The molecule has 1 aliphatic rings. The van der Waals surface area contributed by atoms with Crippen molar-refractivity contribution in [3.8, 4) is 5.75 Å². The van der Waals surface area contributed by atoms with Crippen molar-refractivity contribution >= 4 is 11.7 Å². The van der Waals surface area contributed by atoms with Crippen LogP contribution in [-0.2, 0) is 19.4 Å². The van der Waals surface area contributed by atoms with Gasteiger partial charge in [-0.25, -0.2) is 4.79 Å². The molecule has 1 atom stereocenters. The predicted molar refractivity (Wildman–Crippen MR) is 142 cm³/mol. The van der Waals surface area contributed by atoms with E-state index in [2.05, 4.69) is 69.0 Å². The molecule has 184 valence electrons. The van der Waals surface area contributed by atoms with Crippen molar-refractivity contribution in [2.75, 3.05) is 45.7 Å². The average molecular weight is 473 g/mol. The molecular weight excluding hydrogens is 436 g/mol. The number of ether oxygens (including phenoxy) is 1. The van der Waals surface area contributed by atoms with E-state index in [0.717, 1.165) is 37.2 Å². The number of benzene rings is 3. The number of urea groups is 1. The number of hydrogen-bond donors (Lipinski definition) is 2. The molecule has 2 N–H and O–H groups in total. The minimum absolute atomic E-state index is 0.104. The highest BCUT2D eigenvalue weighted by molar-refractivity contribution is 5.73. The quantitative estimate of drug-likeness (QED) is 0.485. The summed E-state index contributed by atoms with van der Waals surface area (Å²) in [7, 11) is 5.76. The number of amides is 2. The Balaban J connectivity index is 1.38. The fraction of sp³-hybridized carbons (Fsp3) is 0.345. The minimum atomic E-state index is -0.133. The molecule has 0 aliphatic carbocycles. The summed E-state index contributed by atoms with van der Waals surface area (Å²) < 4.78 is 5.20. The van der Waals surface area contributed by atoms with Gasteiger partial charge in [-0.15, -0.1) is 0 Å². The lowest BCUT2D eigenvalue weighted by atomic mass is 9.96. The first-order chi connectivity index (χ1) is 17.0. The second-order valence-electron chi connectivity index (χ2n) is 9.23. The molecule has 4 rings (SSSR count). The van der Waals surface area contributed by atoms with E-state index in [1.54, 1.807) is 7.11 Å². The van der Waals surface area contributed by atoms with Crippen LogP contribution in [-0.4, -0.2) is 51.8 Å². The normalized spacial score (nSPS) is 14.0. The maximum atomic E-state index is 12.6. The molecule has 2 amide bonds. The second kappa shape index (κ2) is 11.8. The van der Waals surface area contributed by atoms with Gasteiger partial charge in [0.1, 0.15) is 5.75 Å². The molecule has 0 fully saturated rings. The van der Waals surface area contributed by atoms with Crippen molar-refractivity contribution in [3.63, 3.8) is 0 Å². The number of hydrogen-bond acceptors (Lipinski definition) is 4. The maximum absolute atomic E-state index is 12.6. The van der Waals surface area contributed by atoms with Gasteiger partial charge in [0.15, 0.2) is 0 Å². The molecule has 6 heteroatoms. The molecule has 0 radical (unpaired) electrons. The third-order valence-electron chi connectivity index (χ3n) is 6.71. The first-order valence-corrected chi connectivity index (χ1v) is 12.3. The highest BCUT2D eigenvalue weighted by Gasteiger charge is 2.25. The van der Waals surface area contributed by atoms with E-state index in [0.29, 0.717) is 13.1 Å². The van der Waals surface area contributed by atoms with E-state index < -0.39 is 0 Å². The summed E-state index contributed by atoms with van der Waals surface area (Å²) in [6, 6.07) is 25.2. The van der Waals surface area contributed by atoms with Gasteiger partial charge in [0.05, 0.1) is 13.2 Å². The molecule has 0 aromatic heterocycles. The van der Waals surface area contributed by atoms with Gasteiger partial charge in [0.2, 0.25) is 0 Å². The first kappa shape index (κ1) is 24.6. The Morgan fingerprint density at radius 3 is 2.37 bits per heavy atom. The van der Waals surface area contributed by atoms with Crippen LogP contribution in [0.4, 0.5) is 10.5 Å². The average Bonchev–Trinajstić information content (AvgIpc) is 2.89. The van der Waals surface area contributed by atoms with Crippen LogP contribution in [0.3, 0.4) is 0 Å². The molecule has 35 heavy (non-hydrogen) atoms. The summed E-state index contributed by atoms with van der Waals surface area (Å²) in [4.78, 5) is 17.2. The van der Waals surface area contributed by atoms with E-state index in [4.69, 9.17) is 4.74 Å². The zero-order valence-corrected chi connectivity index (χ0v) is 21.0. The lowest BCUT2D eigenvalue weighted by Crippen LogP contribution is -2.44. The van der Waals surface area contributed by atoms with Crippen molar-refractivity contribution in [1.29, 1.82) is 0 Å². The van der Waals surface area contributed by atoms with Gasteiger partial charge in [0, 0.05) is 46.0 Å². The lowest BCUT2D eigenvalue weighted by molar-refractivity contribution is 0.174. The number of methoxy groups -OCH3 is 1. The van der Waals surface area contributed by atoms with Crippen molar-refractivity contribution < 1.29 is 9.53 Å². The smallest absolute Gasteiger partial charge is 0.314 e. The Hall–Kier alpha value is -3.51. The van der Waals surface area contributed by atoms with Crippen LogP contribution in [0.2, 0.25) is 0 Å². The SMILES string of the molecule is COc1ccc(CCNC(=O)NCC(c2ccc(N(C)C)cc2)N2CCc3ccccc3C2)cc1. The fourth-order valence-corrected chi connectivity index (χ4v) is 4.60. The number of carbonyl (C=O) groups excluding carboxylic acids is 1. The highest BCUT2D eigenvalue weighted by atomic mass is 16.5. The Bertz CT molecular complexity index is 1100. The van der Waals surface area contributed by atoms with Crippen LogP contribution >= 0.6 is 0 Å². The van der Waals surface area contributed by atoms with Crippen molar-refractivity contribution in [2.45, 2.75) is 25.4 Å². The minimum Gasteiger partial charge on any atom is -0.497 e. The molecule has 3 aromatic rings. The molecule has 3 aromatic carbocycles. The van der Waals surface area contributed by atoms with E-state index in [1.807, 2.05) is 38.4 Å². The zero-order valence-electron chi connectivity index (χ0n) is 21.0. The predicted octanol–water partition coefficient (Wildman–Crippen LogP) is 4.40. The topological polar surface area (TPSA) is 56.8 Å².